The van der Waals surface area contributed by atoms with Gasteiger partial charge in [-0.15, -0.1) is 0 Å². The highest BCUT2D eigenvalue weighted by Gasteiger charge is 2.32. The number of nitrogens with zero attached hydrogens (tertiary/aromatic N) is 2. The van der Waals surface area contributed by atoms with E-state index in [-0.39, 0.29) is 43.9 Å². The van der Waals surface area contributed by atoms with Crippen LogP contribution in [0, 0.1) is 11.6 Å². The molecule has 0 saturated heterocycles. The molecule has 0 radical (unpaired) electrons. The molecule has 4 rings (SSSR count). The Morgan fingerprint density at radius 3 is 2.55 bits per heavy atom. The molecule has 0 aliphatic carbocycles. The average Bonchev–Trinajstić information content (AvgIpc) is 3.29. The van der Waals surface area contributed by atoms with Crippen LogP contribution in [0.15, 0.2) is 47.4 Å². The summed E-state index contributed by atoms with van der Waals surface area (Å²) in [5.41, 5.74) is 1.74. The quantitative estimate of drug-likeness (QED) is 0.219. The number of anilines is 2. The summed E-state index contributed by atoms with van der Waals surface area (Å²) in [5, 5.41) is 40.8. The number of carbonyl (C=O) groups is 1. The van der Waals surface area contributed by atoms with Gasteiger partial charge in [-0.1, -0.05) is 12.1 Å². The van der Waals surface area contributed by atoms with Gasteiger partial charge in [0.25, 0.3) is 5.91 Å². The number of aliphatic hydroxyl groups is 3. The van der Waals surface area contributed by atoms with Crippen molar-refractivity contribution in [2.24, 2.45) is 0 Å². The summed E-state index contributed by atoms with van der Waals surface area (Å²) in [5.74, 6) is -2.44. The lowest BCUT2D eigenvalue weighted by molar-refractivity contribution is -0.0158. The molecular weight excluding hydrogens is 524 g/mol. The van der Waals surface area contributed by atoms with E-state index in [1.807, 2.05) is 0 Å². The fraction of sp³-hybridized carbons (Fsp3) is 0.333. The van der Waals surface area contributed by atoms with Crippen LogP contribution in [0.25, 0.3) is 0 Å². The number of sulfonamides is 1. The third-order valence-corrected chi connectivity index (χ3v) is 7.99. The second-order valence-electron chi connectivity index (χ2n) is 8.76. The van der Waals surface area contributed by atoms with Crippen LogP contribution in [-0.2, 0) is 23.0 Å². The number of aromatic nitrogens is 2. The second-order valence-corrected chi connectivity index (χ2v) is 10.7. The van der Waals surface area contributed by atoms with Gasteiger partial charge in [-0.3, -0.25) is 9.89 Å². The van der Waals surface area contributed by atoms with Gasteiger partial charge in [-0.05, 0) is 30.7 Å². The number of carbonyl (C=O) groups excluding carboxylic acids is 1. The minimum atomic E-state index is -4.22. The van der Waals surface area contributed by atoms with Crippen molar-refractivity contribution in [2.75, 3.05) is 30.3 Å². The third-order valence-electron chi connectivity index (χ3n) is 6.16. The van der Waals surface area contributed by atoms with Crippen molar-refractivity contribution >= 4 is 27.4 Å². The molecule has 1 aromatic heterocycles. The maximum absolute atomic E-state index is 13.7. The Hall–Kier alpha value is -3.43. The molecule has 2 aromatic carbocycles. The van der Waals surface area contributed by atoms with E-state index >= 15 is 0 Å². The van der Waals surface area contributed by atoms with E-state index in [0.29, 0.717) is 23.0 Å². The van der Waals surface area contributed by atoms with Crippen LogP contribution >= 0.6 is 0 Å². The number of H-pyrrole nitrogens is 1. The fourth-order valence-corrected chi connectivity index (χ4v) is 5.54. The number of para-hydroxylation sites is 1. The molecule has 2 heterocycles. The first kappa shape index (κ1) is 27.6. The Morgan fingerprint density at radius 1 is 1.13 bits per heavy atom. The van der Waals surface area contributed by atoms with E-state index in [9.17, 15) is 32.2 Å². The van der Waals surface area contributed by atoms with Crippen molar-refractivity contribution in [1.29, 1.82) is 0 Å². The molecule has 0 saturated carbocycles. The van der Waals surface area contributed by atoms with Crippen molar-refractivity contribution < 1.29 is 37.3 Å². The normalized spacial score (nSPS) is 15.5. The molecule has 6 N–H and O–H groups in total. The standard InChI is InChI=1S/C24H27F2N5O6S/c25-14-9-15(26)11-16(10-14)38(36,37)31-8-6-20-18(12-31)23(30-29-20)28-24(35)17-3-1-2-4-19(17)27-7-5-21(33)22(34)13-32/h1-4,9-11,21-22,27,32-34H,5-8,12-13H2,(H2,28,29,30,35)/t21-,22+/m1/s1. The number of fused-ring (bicyclic) bond motifs is 1. The lowest BCUT2D eigenvalue weighted by atomic mass is 10.1. The Kier molecular flexibility index (Phi) is 8.38. The molecule has 0 fully saturated rings. The van der Waals surface area contributed by atoms with Gasteiger partial charge in [0.05, 0.1) is 23.2 Å². The van der Waals surface area contributed by atoms with Gasteiger partial charge in [-0.2, -0.15) is 9.40 Å². The highest BCUT2D eigenvalue weighted by Crippen LogP contribution is 2.29. The summed E-state index contributed by atoms with van der Waals surface area (Å²) in [6.07, 6.45) is -2.06. The Balaban J connectivity index is 1.48. The van der Waals surface area contributed by atoms with E-state index in [1.54, 1.807) is 24.3 Å². The molecule has 38 heavy (non-hydrogen) atoms. The van der Waals surface area contributed by atoms with Crippen molar-refractivity contribution in [3.63, 3.8) is 0 Å². The molecule has 204 valence electrons. The summed E-state index contributed by atoms with van der Waals surface area (Å²) in [6.45, 7) is -0.501. The number of benzene rings is 2. The highest BCUT2D eigenvalue weighted by molar-refractivity contribution is 7.89. The van der Waals surface area contributed by atoms with E-state index < -0.39 is 51.3 Å². The molecular formula is C24H27F2N5O6S. The van der Waals surface area contributed by atoms with E-state index in [2.05, 4.69) is 20.8 Å². The zero-order valence-corrected chi connectivity index (χ0v) is 20.9. The zero-order valence-electron chi connectivity index (χ0n) is 20.1. The molecule has 0 spiro atoms. The molecule has 14 heteroatoms. The minimum absolute atomic E-state index is 0.0482. The second kappa shape index (κ2) is 11.5. The maximum Gasteiger partial charge on any atom is 0.258 e. The fourth-order valence-electron chi connectivity index (χ4n) is 4.08. The predicted octanol–water partition coefficient (Wildman–Crippen LogP) is 1.20. The van der Waals surface area contributed by atoms with Crippen LogP contribution in [0.1, 0.15) is 28.0 Å². The van der Waals surface area contributed by atoms with Gasteiger partial charge in [-0.25, -0.2) is 17.2 Å². The van der Waals surface area contributed by atoms with Crippen molar-refractivity contribution in [3.8, 4) is 0 Å². The van der Waals surface area contributed by atoms with E-state index in [4.69, 9.17) is 5.11 Å². The SMILES string of the molecule is O=C(Nc1n[nH]c2c1CN(S(=O)(=O)c1cc(F)cc(F)c1)CC2)c1ccccc1NCC[C@@H](O)[C@@H](O)CO. The van der Waals surface area contributed by atoms with Gasteiger partial charge >= 0.3 is 0 Å². The summed E-state index contributed by atoms with van der Waals surface area (Å²) < 4.78 is 54.5. The molecule has 1 amide bonds. The lowest BCUT2D eigenvalue weighted by Gasteiger charge is -2.26. The molecule has 3 aromatic rings. The van der Waals surface area contributed by atoms with Crippen molar-refractivity contribution in [1.82, 2.24) is 14.5 Å². The number of aromatic amines is 1. The molecule has 0 unspecified atom stereocenters. The number of nitrogens with one attached hydrogen (secondary N) is 3. The average molecular weight is 552 g/mol. The molecule has 2 atom stereocenters. The van der Waals surface area contributed by atoms with Crippen LogP contribution in [0.5, 0.6) is 0 Å². The van der Waals surface area contributed by atoms with Crippen LogP contribution < -0.4 is 10.6 Å². The monoisotopic (exact) mass is 551 g/mol. The molecule has 0 bridgehead atoms. The zero-order chi connectivity index (χ0) is 27.4. The Labute approximate surface area is 217 Å². The molecule has 1 aliphatic heterocycles. The number of amides is 1. The summed E-state index contributed by atoms with van der Waals surface area (Å²) in [7, 11) is -4.22. The smallest absolute Gasteiger partial charge is 0.258 e. The summed E-state index contributed by atoms with van der Waals surface area (Å²) in [4.78, 5) is 12.6. The van der Waals surface area contributed by atoms with Crippen molar-refractivity contribution in [3.05, 3.63) is 70.9 Å². The van der Waals surface area contributed by atoms with Crippen LogP contribution in [0.3, 0.4) is 0 Å². The third kappa shape index (κ3) is 6.00. The molecule has 1 aliphatic rings. The van der Waals surface area contributed by atoms with Gasteiger partial charge in [0.2, 0.25) is 10.0 Å². The van der Waals surface area contributed by atoms with E-state index in [1.165, 1.54) is 0 Å². The first-order valence-corrected chi connectivity index (χ1v) is 13.2. The summed E-state index contributed by atoms with van der Waals surface area (Å²) in [6, 6.07) is 8.65. The summed E-state index contributed by atoms with van der Waals surface area (Å²) >= 11 is 0. The van der Waals surface area contributed by atoms with Gasteiger partial charge < -0.3 is 26.0 Å². The van der Waals surface area contributed by atoms with Crippen LogP contribution in [0.2, 0.25) is 0 Å². The topological polar surface area (TPSA) is 168 Å². The Morgan fingerprint density at radius 2 is 1.84 bits per heavy atom. The minimum Gasteiger partial charge on any atom is -0.394 e. The number of rotatable bonds is 10. The van der Waals surface area contributed by atoms with Crippen LogP contribution in [0.4, 0.5) is 20.3 Å². The van der Waals surface area contributed by atoms with Crippen LogP contribution in [-0.4, -0.2) is 76.1 Å². The van der Waals surface area contributed by atoms with Gasteiger partial charge in [0.1, 0.15) is 17.7 Å². The van der Waals surface area contributed by atoms with E-state index in [0.717, 1.165) is 16.4 Å². The Bertz CT molecular complexity index is 1400. The number of halogens is 2. The highest BCUT2D eigenvalue weighted by atomic mass is 32.2. The van der Waals surface area contributed by atoms with Gasteiger partial charge in [0.15, 0.2) is 5.82 Å². The number of hydrogen-bond donors (Lipinski definition) is 6. The predicted molar refractivity (Wildman–Crippen MR) is 133 cm³/mol. The van der Waals surface area contributed by atoms with Gasteiger partial charge in [0, 0.05) is 49.1 Å². The lowest BCUT2D eigenvalue weighted by Crippen LogP contribution is -2.36. The van der Waals surface area contributed by atoms with Crippen molar-refractivity contribution in [2.45, 2.75) is 36.5 Å². The number of hydrogen-bond acceptors (Lipinski definition) is 8. The largest absolute Gasteiger partial charge is 0.394 e. The first-order valence-electron chi connectivity index (χ1n) is 11.7. The maximum atomic E-state index is 13.7. The number of aliphatic hydroxyl groups excluding tert-OH is 3. The first-order chi connectivity index (χ1) is 18.1. The molecule has 11 nitrogen and oxygen atoms in total.